The Bertz CT molecular complexity index is 322. The SMILES string of the molecule is O=C(C1CCC(F)(F)C1)N1C[C@H]2CNC[C@H]2C1. The summed E-state index contributed by atoms with van der Waals surface area (Å²) in [6.07, 6.45) is -0.00249. The molecule has 1 N–H and O–H groups in total. The number of amides is 1. The fourth-order valence-electron chi connectivity index (χ4n) is 3.45. The van der Waals surface area contributed by atoms with E-state index in [0.29, 0.717) is 18.3 Å². The second-order valence-electron chi connectivity index (χ2n) is 5.72. The van der Waals surface area contributed by atoms with Gasteiger partial charge in [0.05, 0.1) is 0 Å². The maximum absolute atomic E-state index is 13.1. The van der Waals surface area contributed by atoms with Gasteiger partial charge in [0.2, 0.25) is 11.8 Å². The van der Waals surface area contributed by atoms with Crippen molar-refractivity contribution in [2.45, 2.75) is 25.2 Å². The number of carbonyl (C=O) groups excluding carboxylic acids is 1. The van der Waals surface area contributed by atoms with Crippen LogP contribution in [0.3, 0.4) is 0 Å². The molecule has 3 fully saturated rings. The molecule has 1 amide bonds. The van der Waals surface area contributed by atoms with Gasteiger partial charge in [-0.05, 0) is 18.3 Å². The first-order valence-corrected chi connectivity index (χ1v) is 6.42. The van der Waals surface area contributed by atoms with Gasteiger partial charge in [0.25, 0.3) is 0 Å². The van der Waals surface area contributed by atoms with Crippen molar-refractivity contribution >= 4 is 5.91 Å². The van der Waals surface area contributed by atoms with Crippen LogP contribution in [-0.2, 0) is 4.79 Å². The number of carbonyl (C=O) groups is 1. The van der Waals surface area contributed by atoms with E-state index in [4.69, 9.17) is 0 Å². The minimum absolute atomic E-state index is 0.0309. The van der Waals surface area contributed by atoms with Gasteiger partial charge in [-0.15, -0.1) is 0 Å². The molecule has 0 aromatic heterocycles. The first-order chi connectivity index (χ1) is 8.05. The van der Waals surface area contributed by atoms with Crippen molar-refractivity contribution in [1.82, 2.24) is 10.2 Å². The van der Waals surface area contributed by atoms with Crippen LogP contribution in [0.2, 0.25) is 0 Å². The smallest absolute Gasteiger partial charge is 0.248 e. The molecule has 3 nitrogen and oxygen atoms in total. The molecule has 0 bridgehead atoms. The summed E-state index contributed by atoms with van der Waals surface area (Å²) in [6.45, 7) is 3.46. The lowest BCUT2D eigenvalue weighted by molar-refractivity contribution is -0.135. The minimum Gasteiger partial charge on any atom is -0.342 e. The topological polar surface area (TPSA) is 32.3 Å². The number of hydrogen-bond acceptors (Lipinski definition) is 2. The molecule has 17 heavy (non-hydrogen) atoms. The van der Waals surface area contributed by atoms with Gasteiger partial charge < -0.3 is 10.2 Å². The van der Waals surface area contributed by atoms with E-state index >= 15 is 0 Å². The molecular formula is C12H18F2N2O. The summed E-state index contributed by atoms with van der Waals surface area (Å²) in [4.78, 5) is 14.0. The van der Waals surface area contributed by atoms with Gasteiger partial charge in [0.1, 0.15) is 0 Å². The molecule has 2 heterocycles. The van der Waals surface area contributed by atoms with Crippen molar-refractivity contribution in [2.75, 3.05) is 26.2 Å². The summed E-state index contributed by atoms with van der Waals surface area (Å²) in [5, 5.41) is 3.31. The van der Waals surface area contributed by atoms with Gasteiger partial charge in [-0.2, -0.15) is 0 Å². The Balaban J connectivity index is 1.61. The van der Waals surface area contributed by atoms with Crippen LogP contribution < -0.4 is 5.32 Å². The summed E-state index contributed by atoms with van der Waals surface area (Å²) in [5.74, 6) is -1.99. The van der Waals surface area contributed by atoms with Gasteiger partial charge in [-0.1, -0.05) is 0 Å². The van der Waals surface area contributed by atoms with E-state index in [0.717, 1.165) is 26.2 Å². The van der Waals surface area contributed by atoms with E-state index in [1.54, 1.807) is 0 Å². The predicted octanol–water partition coefficient (Wildman–Crippen LogP) is 1.10. The quantitative estimate of drug-likeness (QED) is 0.749. The molecule has 0 aromatic rings. The molecule has 1 saturated carbocycles. The number of halogens is 2. The van der Waals surface area contributed by atoms with Crippen molar-refractivity contribution in [3.63, 3.8) is 0 Å². The number of fused-ring (bicyclic) bond motifs is 1. The van der Waals surface area contributed by atoms with Gasteiger partial charge in [0, 0.05) is 44.9 Å². The number of alkyl halides is 2. The molecule has 3 rings (SSSR count). The molecular weight excluding hydrogens is 226 g/mol. The maximum Gasteiger partial charge on any atom is 0.248 e. The van der Waals surface area contributed by atoms with Gasteiger partial charge in [0.15, 0.2) is 0 Å². The fourth-order valence-corrected chi connectivity index (χ4v) is 3.45. The summed E-state index contributed by atoms with van der Waals surface area (Å²) < 4.78 is 26.2. The van der Waals surface area contributed by atoms with Crippen molar-refractivity contribution in [2.24, 2.45) is 17.8 Å². The van der Waals surface area contributed by atoms with Gasteiger partial charge in [-0.3, -0.25) is 4.79 Å². The molecule has 96 valence electrons. The van der Waals surface area contributed by atoms with E-state index in [1.165, 1.54) is 0 Å². The van der Waals surface area contributed by atoms with Crippen molar-refractivity contribution < 1.29 is 13.6 Å². The third-order valence-electron chi connectivity index (χ3n) is 4.45. The number of nitrogens with zero attached hydrogens (tertiary/aromatic N) is 1. The number of nitrogens with one attached hydrogen (secondary N) is 1. The monoisotopic (exact) mass is 244 g/mol. The third kappa shape index (κ3) is 2.05. The van der Waals surface area contributed by atoms with Gasteiger partial charge >= 0.3 is 0 Å². The average Bonchev–Trinajstić information content (AvgIpc) is 2.89. The van der Waals surface area contributed by atoms with Crippen LogP contribution in [0.5, 0.6) is 0 Å². The van der Waals surface area contributed by atoms with Crippen LogP contribution >= 0.6 is 0 Å². The molecule has 2 saturated heterocycles. The zero-order valence-electron chi connectivity index (χ0n) is 9.79. The van der Waals surface area contributed by atoms with Crippen LogP contribution in [0, 0.1) is 17.8 Å². The lowest BCUT2D eigenvalue weighted by atomic mass is 10.0. The molecule has 1 unspecified atom stereocenters. The zero-order chi connectivity index (χ0) is 12.0. The van der Waals surface area contributed by atoms with E-state index in [9.17, 15) is 13.6 Å². The predicted molar refractivity (Wildman–Crippen MR) is 58.7 cm³/mol. The number of hydrogen-bond donors (Lipinski definition) is 1. The summed E-state index contributed by atoms with van der Waals surface area (Å²) in [7, 11) is 0. The zero-order valence-corrected chi connectivity index (χ0v) is 9.79. The summed E-state index contributed by atoms with van der Waals surface area (Å²) >= 11 is 0. The summed E-state index contributed by atoms with van der Waals surface area (Å²) in [5.41, 5.74) is 0. The Kier molecular flexibility index (Phi) is 2.61. The molecule has 0 aromatic carbocycles. The lowest BCUT2D eigenvalue weighted by Gasteiger charge is -2.21. The Hall–Kier alpha value is -0.710. The Labute approximate surface area is 99.5 Å². The maximum atomic E-state index is 13.1. The van der Waals surface area contributed by atoms with Gasteiger partial charge in [-0.25, -0.2) is 8.78 Å². The highest BCUT2D eigenvalue weighted by atomic mass is 19.3. The molecule has 2 aliphatic heterocycles. The minimum atomic E-state index is -2.61. The van der Waals surface area contributed by atoms with Crippen LogP contribution in [0.25, 0.3) is 0 Å². The Morgan fingerprint density at radius 3 is 2.41 bits per heavy atom. The molecule has 5 heteroatoms. The second-order valence-corrected chi connectivity index (χ2v) is 5.72. The van der Waals surface area contributed by atoms with Crippen LogP contribution in [-0.4, -0.2) is 42.9 Å². The van der Waals surface area contributed by atoms with E-state index < -0.39 is 11.8 Å². The summed E-state index contributed by atoms with van der Waals surface area (Å²) in [6, 6.07) is 0. The van der Waals surface area contributed by atoms with E-state index in [1.807, 2.05) is 4.90 Å². The highest BCUT2D eigenvalue weighted by Gasteiger charge is 2.46. The van der Waals surface area contributed by atoms with E-state index in [-0.39, 0.29) is 18.7 Å². The molecule has 0 radical (unpaired) electrons. The van der Waals surface area contributed by atoms with Crippen LogP contribution in [0.1, 0.15) is 19.3 Å². The highest BCUT2D eigenvalue weighted by Crippen LogP contribution is 2.40. The number of likely N-dealkylation sites (tertiary alicyclic amines) is 1. The second kappa shape index (κ2) is 3.90. The fraction of sp³-hybridized carbons (Fsp3) is 0.917. The Morgan fingerprint density at radius 1 is 1.24 bits per heavy atom. The molecule has 3 aliphatic rings. The first-order valence-electron chi connectivity index (χ1n) is 6.42. The lowest BCUT2D eigenvalue weighted by Crippen LogP contribution is -2.36. The standard InChI is InChI=1S/C12H18F2N2O/c13-12(14)2-1-8(3-12)11(17)16-6-9-4-15-5-10(9)7-16/h8-10,15H,1-7H2/t8?,9-,10+. The average molecular weight is 244 g/mol. The van der Waals surface area contributed by atoms with Crippen molar-refractivity contribution in [3.8, 4) is 0 Å². The Morgan fingerprint density at radius 2 is 1.88 bits per heavy atom. The highest BCUT2D eigenvalue weighted by molar-refractivity contribution is 5.79. The van der Waals surface area contributed by atoms with Crippen LogP contribution in [0.15, 0.2) is 0 Å². The normalized spacial score (nSPS) is 39.6. The van der Waals surface area contributed by atoms with Crippen molar-refractivity contribution in [1.29, 1.82) is 0 Å². The van der Waals surface area contributed by atoms with Crippen molar-refractivity contribution in [3.05, 3.63) is 0 Å². The number of rotatable bonds is 1. The molecule has 0 spiro atoms. The molecule has 1 aliphatic carbocycles. The van der Waals surface area contributed by atoms with E-state index in [2.05, 4.69) is 5.32 Å². The molecule has 3 atom stereocenters. The van der Waals surface area contributed by atoms with Crippen LogP contribution in [0.4, 0.5) is 8.78 Å². The largest absolute Gasteiger partial charge is 0.342 e. The first kappa shape index (κ1) is 11.4. The third-order valence-corrected chi connectivity index (χ3v) is 4.45.